The molecule has 1 N–H and O–H groups in total. The predicted molar refractivity (Wildman–Crippen MR) is 53.1 cm³/mol. The third-order valence-corrected chi connectivity index (χ3v) is 2.15. The Labute approximate surface area is 89.0 Å². The molecule has 1 rings (SSSR count). The Morgan fingerprint density at radius 2 is 2.20 bits per heavy atom. The molecule has 0 radical (unpaired) electrons. The summed E-state index contributed by atoms with van der Waals surface area (Å²) < 4.78 is 5.07. The molecule has 1 aliphatic heterocycles. The average molecular weight is 215 g/mol. The lowest BCUT2D eigenvalue weighted by molar-refractivity contribution is -0.131. The Bertz CT molecular complexity index is 269. The van der Waals surface area contributed by atoms with E-state index in [0.717, 1.165) is 4.90 Å². The maximum atomic E-state index is 11.5. The monoisotopic (exact) mass is 215 g/mol. The van der Waals surface area contributed by atoms with Gasteiger partial charge < -0.3 is 9.84 Å². The molecule has 15 heavy (non-hydrogen) atoms. The molecular weight excluding hydrogens is 198 g/mol. The highest BCUT2D eigenvalue weighted by atomic mass is 16.6. The first-order valence-electron chi connectivity index (χ1n) is 5.00. The van der Waals surface area contributed by atoms with Crippen LogP contribution >= 0.6 is 0 Å². The summed E-state index contributed by atoms with van der Waals surface area (Å²) >= 11 is 0. The highest BCUT2D eigenvalue weighted by molar-refractivity contribution is 5.95. The van der Waals surface area contributed by atoms with Crippen LogP contribution < -0.4 is 0 Å². The minimum Gasteiger partial charge on any atom is -0.443 e. The van der Waals surface area contributed by atoms with E-state index >= 15 is 0 Å². The van der Waals surface area contributed by atoms with Crippen molar-refractivity contribution < 1.29 is 19.4 Å². The van der Waals surface area contributed by atoms with E-state index in [4.69, 9.17) is 9.84 Å². The first kappa shape index (κ1) is 12.0. The molecule has 1 aliphatic rings. The molecule has 1 unspecified atom stereocenters. The molecule has 1 saturated heterocycles. The Kier molecular flexibility index (Phi) is 3.34. The van der Waals surface area contributed by atoms with Crippen LogP contribution in [0.1, 0.15) is 27.2 Å². The second-order valence-corrected chi connectivity index (χ2v) is 4.64. The number of hydrogen-bond donors (Lipinski definition) is 1. The Hall–Kier alpha value is -1.10. The molecule has 0 aromatic rings. The number of likely N-dealkylation sites (tertiary alicyclic amines) is 1. The third-order valence-electron chi connectivity index (χ3n) is 2.15. The summed E-state index contributed by atoms with van der Waals surface area (Å²) in [5.41, 5.74) is -0.603. The van der Waals surface area contributed by atoms with E-state index in [0.29, 0.717) is 13.0 Å². The van der Waals surface area contributed by atoms with Crippen molar-refractivity contribution in [2.24, 2.45) is 5.92 Å². The summed E-state index contributed by atoms with van der Waals surface area (Å²) in [6.45, 7) is 5.36. The summed E-state index contributed by atoms with van der Waals surface area (Å²) in [4.78, 5) is 24.1. The molecular formula is C10H17NO4. The van der Waals surface area contributed by atoms with Gasteiger partial charge in [0, 0.05) is 6.54 Å². The molecule has 0 spiro atoms. The fourth-order valence-corrected chi connectivity index (χ4v) is 1.41. The first-order chi connectivity index (χ1) is 6.85. The van der Waals surface area contributed by atoms with Gasteiger partial charge in [-0.25, -0.2) is 9.69 Å². The molecule has 0 bridgehead atoms. The van der Waals surface area contributed by atoms with Gasteiger partial charge in [0.25, 0.3) is 0 Å². The molecule has 86 valence electrons. The topological polar surface area (TPSA) is 66.8 Å². The van der Waals surface area contributed by atoms with Crippen molar-refractivity contribution in [3.05, 3.63) is 0 Å². The Morgan fingerprint density at radius 1 is 1.60 bits per heavy atom. The number of hydrogen-bond acceptors (Lipinski definition) is 4. The summed E-state index contributed by atoms with van der Waals surface area (Å²) in [5, 5.41) is 8.87. The normalized spacial score (nSPS) is 22.0. The second kappa shape index (κ2) is 4.18. The van der Waals surface area contributed by atoms with Crippen LogP contribution in [-0.2, 0) is 9.53 Å². The summed E-state index contributed by atoms with van der Waals surface area (Å²) in [6, 6.07) is 0. The van der Waals surface area contributed by atoms with Crippen LogP contribution in [0.25, 0.3) is 0 Å². The average Bonchev–Trinajstić information content (AvgIpc) is 2.43. The molecule has 1 atom stereocenters. The molecule has 2 amide bonds. The largest absolute Gasteiger partial charge is 0.443 e. The van der Waals surface area contributed by atoms with Gasteiger partial charge in [-0.1, -0.05) is 0 Å². The number of aliphatic hydroxyl groups excluding tert-OH is 1. The number of aliphatic hydroxyl groups is 1. The van der Waals surface area contributed by atoms with Gasteiger partial charge in [-0.05, 0) is 27.2 Å². The number of rotatable bonds is 1. The van der Waals surface area contributed by atoms with Gasteiger partial charge >= 0.3 is 6.09 Å². The smallest absolute Gasteiger partial charge is 0.417 e. The maximum absolute atomic E-state index is 11.5. The molecule has 1 fully saturated rings. The Balaban J connectivity index is 2.59. The maximum Gasteiger partial charge on any atom is 0.417 e. The second-order valence-electron chi connectivity index (χ2n) is 4.64. The van der Waals surface area contributed by atoms with Crippen molar-refractivity contribution in [1.82, 2.24) is 4.90 Å². The van der Waals surface area contributed by atoms with Crippen molar-refractivity contribution >= 4 is 12.0 Å². The summed E-state index contributed by atoms with van der Waals surface area (Å²) in [5.74, 6) is -0.788. The van der Waals surface area contributed by atoms with E-state index in [9.17, 15) is 9.59 Å². The highest BCUT2D eigenvalue weighted by Crippen LogP contribution is 2.20. The van der Waals surface area contributed by atoms with Crippen LogP contribution in [0.2, 0.25) is 0 Å². The highest BCUT2D eigenvalue weighted by Gasteiger charge is 2.37. The van der Waals surface area contributed by atoms with E-state index in [1.807, 2.05) is 0 Å². The minimum absolute atomic E-state index is 0.210. The zero-order valence-corrected chi connectivity index (χ0v) is 9.32. The van der Waals surface area contributed by atoms with Crippen LogP contribution in [0.3, 0.4) is 0 Å². The number of amides is 2. The SMILES string of the molecule is CC(C)(C)OC(=O)N1CCC(CO)C1=O. The number of imide groups is 1. The molecule has 0 aromatic carbocycles. The number of nitrogens with zero attached hydrogens (tertiary/aromatic N) is 1. The number of carbonyl (C=O) groups excluding carboxylic acids is 2. The van der Waals surface area contributed by atoms with E-state index in [-0.39, 0.29) is 12.5 Å². The first-order valence-corrected chi connectivity index (χ1v) is 5.00. The van der Waals surface area contributed by atoms with Crippen LogP contribution in [0, 0.1) is 5.92 Å². The van der Waals surface area contributed by atoms with Gasteiger partial charge in [0.15, 0.2) is 0 Å². The lowest BCUT2D eigenvalue weighted by Crippen LogP contribution is -2.38. The molecule has 1 heterocycles. The van der Waals surface area contributed by atoms with Crippen molar-refractivity contribution in [2.45, 2.75) is 32.8 Å². The lowest BCUT2D eigenvalue weighted by Gasteiger charge is -2.23. The summed E-state index contributed by atoms with van der Waals surface area (Å²) in [6.07, 6.45) is -0.113. The third kappa shape index (κ3) is 2.92. The zero-order chi connectivity index (χ0) is 11.6. The van der Waals surface area contributed by atoms with Gasteiger partial charge in [0.2, 0.25) is 5.91 Å². The van der Waals surface area contributed by atoms with Crippen molar-refractivity contribution in [3.63, 3.8) is 0 Å². The quantitative estimate of drug-likeness (QED) is 0.701. The van der Waals surface area contributed by atoms with E-state index in [1.54, 1.807) is 20.8 Å². The van der Waals surface area contributed by atoms with Gasteiger partial charge in [-0.15, -0.1) is 0 Å². The van der Waals surface area contributed by atoms with Crippen molar-refractivity contribution in [1.29, 1.82) is 0 Å². The van der Waals surface area contributed by atoms with Gasteiger partial charge in [0.05, 0.1) is 12.5 Å². The van der Waals surface area contributed by atoms with Gasteiger partial charge in [-0.2, -0.15) is 0 Å². The van der Waals surface area contributed by atoms with Crippen LogP contribution in [0.15, 0.2) is 0 Å². The van der Waals surface area contributed by atoms with Crippen LogP contribution in [-0.4, -0.2) is 40.8 Å². The van der Waals surface area contributed by atoms with E-state index in [2.05, 4.69) is 0 Å². The fraction of sp³-hybridized carbons (Fsp3) is 0.800. The van der Waals surface area contributed by atoms with Gasteiger partial charge in [-0.3, -0.25) is 4.79 Å². The molecule has 0 aliphatic carbocycles. The Morgan fingerprint density at radius 3 is 2.60 bits per heavy atom. The summed E-state index contributed by atoms with van der Waals surface area (Å²) in [7, 11) is 0. The number of carbonyl (C=O) groups is 2. The molecule has 0 aromatic heterocycles. The van der Waals surface area contributed by atoms with E-state index < -0.39 is 17.6 Å². The molecule has 5 nitrogen and oxygen atoms in total. The zero-order valence-electron chi connectivity index (χ0n) is 9.32. The van der Waals surface area contributed by atoms with Crippen LogP contribution in [0.5, 0.6) is 0 Å². The number of ether oxygens (including phenoxy) is 1. The standard InChI is InChI=1S/C10H17NO4/c1-10(2,3)15-9(14)11-5-4-7(6-12)8(11)13/h7,12H,4-6H2,1-3H3. The van der Waals surface area contributed by atoms with Gasteiger partial charge in [0.1, 0.15) is 5.60 Å². The predicted octanol–water partition coefficient (Wildman–Crippen LogP) is 0.762. The van der Waals surface area contributed by atoms with Crippen molar-refractivity contribution in [3.8, 4) is 0 Å². The van der Waals surface area contributed by atoms with E-state index in [1.165, 1.54) is 0 Å². The fourth-order valence-electron chi connectivity index (χ4n) is 1.41. The van der Waals surface area contributed by atoms with Crippen LogP contribution in [0.4, 0.5) is 4.79 Å². The molecule has 0 saturated carbocycles. The van der Waals surface area contributed by atoms with Crippen molar-refractivity contribution in [2.75, 3.05) is 13.2 Å². The minimum atomic E-state index is -0.622. The lowest BCUT2D eigenvalue weighted by atomic mass is 10.1. The molecule has 5 heteroatoms.